The summed E-state index contributed by atoms with van der Waals surface area (Å²) in [5.41, 5.74) is 0.771. The summed E-state index contributed by atoms with van der Waals surface area (Å²) in [5, 5.41) is 9.94. The van der Waals surface area contributed by atoms with Crippen molar-refractivity contribution in [2.75, 3.05) is 11.4 Å². The Kier molecular flexibility index (Phi) is 5.29. The molecule has 1 atom stereocenters. The second kappa shape index (κ2) is 6.30. The molecule has 0 heterocycles. The Labute approximate surface area is 117 Å². The van der Waals surface area contributed by atoms with Crippen molar-refractivity contribution in [1.82, 2.24) is 0 Å². The van der Waals surface area contributed by atoms with Gasteiger partial charge in [-0.05, 0) is 26.0 Å². The number of hydrogen-bond acceptors (Lipinski definition) is 2. The number of halogens is 2. The zero-order valence-corrected chi connectivity index (χ0v) is 12.2. The van der Waals surface area contributed by atoms with Gasteiger partial charge in [0.1, 0.15) is 0 Å². The lowest BCUT2D eigenvalue weighted by atomic mass is 10.1. The zero-order chi connectivity index (χ0) is 13.9. The lowest BCUT2D eigenvalue weighted by molar-refractivity contribution is -0.140. The highest BCUT2D eigenvalue weighted by Crippen LogP contribution is 2.33. The standard InChI is InChI=1S/C13H17Cl2NO2/c1-8(2)16(7-9(3)13(17)18)11-6-4-5-10(14)12(11)15/h4-6,8-9H,7H2,1-3H3,(H,17,18). The van der Waals surface area contributed by atoms with E-state index in [1.165, 1.54) is 0 Å². The summed E-state index contributed by atoms with van der Waals surface area (Å²) >= 11 is 12.2. The number of benzene rings is 1. The van der Waals surface area contributed by atoms with E-state index in [9.17, 15) is 4.79 Å². The van der Waals surface area contributed by atoms with Crippen LogP contribution in [0, 0.1) is 5.92 Å². The van der Waals surface area contributed by atoms with Crippen molar-refractivity contribution in [3.8, 4) is 0 Å². The Morgan fingerprint density at radius 1 is 1.33 bits per heavy atom. The van der Waals surface area contributed by atoms with Gasteiger partial charge in [-0.1, -0.05) is 36.2 Å². The van der Waals surface area contributed by atoms with Gasteiger partial charge in [0.05, 0.1) is 21.7 Å². The van der Waals surface area contributed by atoms with Crippen molar-refractivity contribution in [3.63, 3.8) is 0 Å². The Morgan fingerprint density at radius 2 is 1.94 bits per heavy atom. The third kappa shape index (κ3) is 3.53. The van der Waals surface area contributed by atoms with Crippen molar-refractivity contribution in [3.05, 3.63) is 28.2 Å². The van der Waals surface area contributed by atoms with E-state index in [0.29, 0.717) is 16.6 Å². The van der Waals surface area contributed by atoms with Crippen LogP contribution >= 0.6 is 23.2 Å². The summed E-state index contributed by atoms with van der Waals surface area (Å²) in [6, 6.07) is 5.52. The van der Waals surface area contributed by atoms with E-state index >= 15 is 0 Å². The number of hydrogen-bond donors (Lipinski definition) is 1. The van der Waals surface area contributed by atoms with Gasteiger partial charge in [-0.3, -0.25) is 4.79 Å². The minimum Gasteiger partial charge on any atom is -0.481 e. The molecule has 3 nitrogen and oxygen atoms in total. The van der Waals surface area contributed by atoms with Crippen LogP contribution in [0.1, 0.15) is 20.8 Å². The van der Waals surface area contributed by atoms with Crippen molar-refractivity contribution in [1.29, 1.82) is 0 Å². The third-order valence-electron chi connectivity index (χ3n) is 2.76. The molecule has 0 aliphatic heterocycles. The molecule has 1 N–H and O–H groups in total. The fourth-order valence-corrected chi connectivity index (χ4v) is 2.08. The highest BCUT2D eigenvalue weighted by atomic mass is 35.5. The average molecular weight is 290 g/mol. The molecule has 1 unspecified atom stereocenters. The van der Waals surface area contributed by atoms with Crippen LogP contribution in [0.4, 0.5) is 5.69 Å². The van der Waals surface area contributed by atoms with E-state index in [-0.39, 0.29) is 6.04 Å². The molecule has 0 aliphatic carbocycles. The predicted octanol–water partition coefficient (Wildman–Crippen LogP) is 3.93. The Hall–Kier alpha value is -0.930. The second-order valence-electron chi connectivity index (χ2n) is 4.56. The van der Waals surface area contributed by atoms with Gasteiger partial charge >= 0.3 is 5.97 Å². The largest absolute Gasteiger partial charge is 0.481 e. The monoisotopic (exact) mass is 289 g/mol. The molecule has 0 amide bonds. The fourth-order valence-electron chi connectivity index (χ4n) is 1.67. The van der Waals surface area contributed by atoms with Crippen molar-refractivity contribution >= 4 is 34.9 Å². The van der Waals surface area contributed by atoms with Gasteiger partial charge in [-0.15, -0.1) is 0 Å². The summed E-state index contributed by atoms with van der Waals surface area (Å²) in [6.07, 6.45) is 0. The zero-order valence-electron chi connectivity index (χ0n) is 10.7. The average Bonchev–Trinajstić information content (AvgIpc) is 2.29. The van der Waals surface area contributed by atoms with Crippen molar-refractivity contribution in [2.45, 2.75) is 26.8 Å². The number of rotatable bonds is 5. The molecule has 18 heavy (non-hydrogen) atoms. The van der Waals surface area contributed by atoms with Gasteiger partial charge in [0.25, 0.3) is 0 Å². The van der Waals surface area contributed by atoms with Crippen LogP contribution in [0.15, 0.2) is 18.2 Å². The molecule has 0 radical (unpaired) electrons. The van der Waals surface area contributed by atoms with Crippen molar-refractivity contribution < 1.29 is 9.90 Å². The lowest BCUT2D eigenvalue weighted by Crippen LogP contribution is -2.37. The maximum Gasteiger partial charge on any atom is 0.308 e. The van der Waals surface area contributed by atoms with E-state index in [1.807, 2.05) is 30.9 Å². The topological polar surface area (TPSA) is 40.5 Å². The molecule has 5 heteroatoms. The van der Waals surface area contributed by atoms with Gasteiger partial charge in [0, 0.05) is 12.6 Å². The van der Waals surface area contributed by atoms with Gasteiger partial charge in [-0.2, -0.15) is 0 Å². The number of nitrogens with zero attached hydrogens (tertiary/aromatic N) is 1. The Balaban J connectivity index is 3.05. The van der Waals surface area contributed by atoms with Crippen LogP contribution in [0.3, 0.4) is 0 Å². The molecular weight excluding hydrogens is 273 g/mol. The Bertz CT molecular complexity index is 435. The summed E-state index contributed by atoms with van der Waals surface area (Å²) in [6.45, 7) is 6.06. The maximum absolute atomic E-state index is 11.0. The first-order valence-electron chi connectivity index (χ1n) is 5.78. The Morgan fingerprint density at radius 3 is 2.44 bits per heavy atom. The molecule has 0 fully saturated rings. The number of anilines is 1. The molecule has 0 saturated carbocycles. The van der Waals surface area contributed by atoms with Crippen LogP contribution < -0.4 is 4.90 Å². The van der Waals surface area contributed by atoms with Gasteiger partial charge in [-0.25, -0.2) is 0 Å². The fraction of sp³-hybridized carbons (Fsp3) is 0.462. The number of carboxylic acids is 1. The molecule has 0 saturated heterocycles. The lowest BCUT2D eigenvalue weighted by Gasteiger charge is -2.31. The first-order chi connectivity index (χ1) is 8.34. The molecule has 0 aliphatic rings. The van der Waals surface area contributed by atoms with E-state index < -0.39 is 11.9 Å². The van der Waals surface area contributed by atoms with Crippen LogP contribution in [0.25, 0.3) is 0 Å². The smallest absolute Gasteiger partial charge is 0.308 e. The molecular formula is C13H17Cl2NO2. The van der Waals surface area contributed by atoms with Crippen LogP contribution in [-0.2, 0) is 4.79 Å². The maximum atomic E-state index is 11.0. The minimum absolute atomic E-state index is 0.141. The first kappa shape index (κ1) is 15.1. The van der Waals surface area contributed by atoms with Gasteiger partial charge < -0.3 is 10.0 Å². The summed E-state index contributed by atoms with van der Waals surface area (Å²) in [4.78, 5) is 12.9. The molecule has 0 aromatic heterocycles. The van der Waals surface area contributed by atoms with Crippen LogP contribution in [0.2, 0.25) is 10.0 Å². The van der Waals surface area contributed by atoms with Crippen LogP contribution in [0.5, 0.6) is 0 Å². The predicted molar refractivity (Wildman–Crippen MR) is 75.7 cm³/mol. The second-order valence-corrected chi connectivity index (χ2v) is 5.34. The molecule has 100 valence electrons. The normalized spacial score (nSPS) is 12.6. The number of aliphatic carboxylic acids is 1. The number of carboxylic acid groups (broad SMARTS) is 1. The first-order valence-corrected chi connectivity index (χ1v) is 6.53. The van der Waals surface area contributed by atoms with Crippen molar-refractivity contribution in [2.24, 2.45) is 5.92 Å². The summed E-state index contributed by atoms with van der Waals surface area (Å²) in [7, 11) is 0. The van der Waals surface area contributed by atoms with E-state index in [4.69, 9.17) is 28.3 Å². The van der Waals surface area contributed by atoms with Gasteiger partial charge in [0.15, 0.2) is 0 Å². The molecule has 0 spiro atoms. The number of carbonyl (C=O) groups is 1. The molecule has 1 aromatic carbocycles. The molecule has 0 bridgehead atoms. The molecule has 1 rings (SSSR count). The van der Waals surface area contributed by atoms with E-state index in [2.05, 4.69) is 0 Å². The highest BCUT2D eigenvalue weighted by Gasteiger charge is 2.21. The van der Waals surface area contributed by atoms with Gasteiger partial charge in [0.2, 0.25) is 0 Å². The summed E-state index contributed by atoms with van der Waals surface area (Å²) in [5.74, 6) is -1.29. The third-order valence-corrected chi connectivity index (χ3v) is 3.57. The van der Waals surface area contributed by atoms with E-state index in [1.54, 1.807) is 13.0 Å². The summed E-state index contributed by atoms with van der Waals surface area (Å²) < 4.78 is 0. The SMILES string of the molecule is CC(CN(c1cccc(Cl)c1Cl)C(C)C)C(=O)O. The highest BCUT2D eigenvalue weighted by molar-refractivity contribution is 6.43. The molecule has 1 aromatic rings. The van der Waals surface area contributed by atoms with Crippen LogP contribution in [-0.4, -0.2) is 23.7 Å². The quantitative estimate of drug-likeness (QED) is 0.893. The minimum atomic E-state index is -0.821. The van der Waals surface area contributed by atoms with E-state index in [0.717, 1.165) is 5.69 Å².